The average molecular weight is 361 g/mol. The SMILES string of the molecule is SC12CCC(C3C=C[C@@H](CCC3)C1)C(C1CCCCCCCCC1)C2. The zero-order valence-corrected chi connectivity index (χ0v) is 17.2. The van der Waals surface area contributed by atoms with E-state index in [2.05, 4.69) is 12.2 Å². The van der Waals surface area contributed by atoms with Gasteiger partial charge in [0.15, 0.2) is 0 Å². The van der Waals surface area contributed by atoms with Crippen LogP contribution in [0.3, 0.4) is 0 Å². The molecule has 0 aromatic heterocycles. The van der Waals surface area contributed by atoms with E-state index in [0.717, 1.165) is 29.6 Å². The van der Waals surface area contributed by atoms with Gasteiger partial charge in [0.1, 0.15) is 0 Å². The zero-order valence-electron chi connectivity index (χ0n) is 16.3. The van der Waals surface area contributed by atoms with Crippen LogP contribution in [-0.2, 0) is 0 Å². The molecule has 0 heterocycles. The van der Waals surface area contributed by atoms with Crippen LogP contribution >= 0.6 is 12.6 Å². The molecule has 1 heteroatoms. The zero-order chi connectivity index (χ0) is 17.1. The summed E-state index contributed by atoms with van der Waals surface area (Å²) in [6.07, 6.45) is 28.8. The monoisotopic (exact) mass is 360 g/mol. The highest BCUT2D eigenvalue weighted by atomic mass is 32.1. The van der Waals surface area contributed by atoms with Crippen LogP contribution in [0.2, 0.25) is 0 Å². The summed E-state index contributed by atoms with van der Waals surface area (Å²) in [5.74, 6) is 4.66. The molecule has 0 aromatic rings. The minimum atomic E-state index is 0.345. The molecule has 2 saturated carbocycles. The fraction of sp³-hybridized carbons (Fsp3) is 0.917. The van der Waals surface area contributed by atoms with Gasteiger partial charge >= 0.3 is 0 Å². The van der Waals surface area contributed by atoms with Crippen LogP contribution in [-0.4, -0.2) is 4.75 Å². The lowest BCUT2D eigenvalue weighted by Gasteiger charge is -2.48. The van der Waals surface area contributed by atoms with Gasteiger partial charge in [-0.25, -0.2) is 0 Å². The normalized spacial score (nSPS) is 43.9. The Kier molecular flexibility index (Phi) is 6.20. The molecule has 0 aromatic carbocycles. The second-order valence-electron chi connectivity index (χ2n) is 10.1. The smallest absolute Gasteiger partial charge is 0.0138 e. The molecule has 0 aliphatic heterocycles. The highest BCUT2D eigenvalue weighted by Gasteiger charge is 2.45. The van der Waals surface area contributed by atoms with Crippen LogP contribution in [0, 0.1) is 29.6 Å². The Labute approximate surface area is 162 Å². The third kappa shape index (κ3) is 4.50. The highest BCUT2D eigenvalue weighted by Crippen LogP contribution is 2.54. The van der Waals surface area contributed by atoms with Gasteiger partial charge in [-0.1, -0.05) is 76.4 Å². The topological polar surface area (TPSA) is 0 Å². The van der Waals surface area contributed by atoms with Crippen molar-refractivity contribution < 1.29 is 0 Å². The average Bonchev–Trinajstić information content (AvgIpc) is 2.79. The molecule has 25 heavy (non-hydrogen) atoms. The molecule has 0 N–H and O–H groups in total. The van der Waals surface area contributed by atoms with E-state index in [1.807, 2.05) is 0 Å². The molecule has 2 fully saturated rings. The molecule has 5 rings (SSSR count). The van der Waals surface area contributed by atoms with Crippen LogP contribution < -0.4 is 0 Å². The predicted octanol–water partition coefficient (Wildman–Crippen LogP) is 7.59. The van der Waals surface area contributed by atoms with Gasteiger partial charge in [-0.2, -0.15) is 12.6 Å². The summed E-state index contributed by atoms with van der Waals surface area (Å²) >= 11 is 5.35. The van der Waals surface area contributed by atoms with Gasteiger partial charge in [-0.3, -0.25) is 0 Å². The van der Waals surface area contributed by atoms with E-state index < -0.39 is 0 Å². The first-order valence-corrected chi connectivity index (χ1v) is 12.1. The van der Waals surface area contributed by atoms with Gasteiger partial charge in [-0.15, -0.1) is 0 Å². The summed E-state index contributed by atoms with van der Waals surface area (Å²) in [6.45, 7) is 0. The first-order chi connectivity index (χ1) is 12.2. The largest absolute Gasteiger partial charge is 0.172 e. The van der Waals surface area contributed by atoms with Crippen molar-refractivity contribution in [2.45, 2.75) is 107 Å². The molecule has 0 nitrogen and oxygen atoms in total. The molecule has 4 bridgehead atoms. The molecule has 0 radical (unpaired) electrons. The molecule has 5 aliphatic rings. The Bertz CT molecular complexity index is 445. The number of hydrogen-bond donors (Lipinski definition) is 1. The highest BCUT2D eigenvalue weighted by molar-refractivity contribution is 7.81. The quantitative estimate of drug-likeness (QED) is 0.361. The second kappa shape index (κ2) is 8.41. The van der Waals surface area contributed by atoms with Crippen molar-refractivity contribution in [1.29, 1.82) is 0 Å². The fourth-order valence-electron chi connectivity index (χ4n) is 6.97. The summed E-state index contributed by atoms with van der Waals surface area (Å²) in [6, 6.07) is 0. The number of allylic oxidation sites excluding steroid dienone is 2. The van der Waals surface area contributed by atoms with E-state index in [1.165, 1.54) is 103 Å². The lowest BCUT2D eigenvalue weighted by atomic mass is 9.61. The molecule has 5 atom stereocenters. The summed E-state index contributed by atoms with van der Waals surface area (Å²) in [5.41, 5.74) is 0. The molecule has 0 saturated heterocycles. The van der Waals surface area contributed by atoms with E-state index >= 15 is 0 Å². The Hall–Kier alpha value is 0.0900. The minimum absolute atomic E-state index is 0.345. The standard InChI is InChI=1S/C24H40S/c25-24-16-15-22(21-12-8-9-19(17-24)13-14-21)23(18-24)20-10-6-4-2-1-3-5-7-11-20/h13-14,19-23,25H,1-12,15-18H2/t19-,21?,22?,23?,24?/m1/s1. The summed E-state index contributed by atoms with van der Waals surface area (Å²) < 4.78 is 0.345. The molecular formula is C24H40S. The number of fused-ring (bicyclic) bond motifs is 2. The maximum Gasteiger partial charge on any atom is 0.0138 e. The third-order valence-corrected chi connectivity index (χ3v) is 8.89. The summed E-state index contributed by atoms with van der Waals surface area (Å²) in [5, 5.41) is 0. The lowest BCUT2D eigenvalue weighted by Crippen LogP contribution is -2.41. The van der Waals surface area contributed by atoms with Crippen LogP contribution in [0.4, 0.5) is 0 Å². The van der Waals surface area contributed by atoms with Crippen molar-refractivity contribution in [2.24, 2.45) is 29.6 Å². The van der Waals surface area contributed by atoms with Crippen molar-refractivity contribution in [2.75, 3.05) is 0 Å². The Morgan fingerprint density at radius 3 is 2.12 bits per heavy atom. The Morgan fingerprint density at radius 1 is 0.640 bits per heavy atom. The van der Waals surface area contributed by atoms with Gasteiger partial charge in [0.2, 0.25) is 0 Å². The molecular weight excluding hydrogens is 320 g/mol. The van der Waals surface area contributed by atoms with Crippen molar-refractivity contribution in [3.05, 3.63) is 12.2 Å². The molecule has 0 spiro atoms. The number of hydrogen-bond acceptors (Lipinski definition) is 1. The van der Waals surface area contributed by atoms with Crippen molar-refractivity contribution >= 4 is 12.6 Å². The summed E-state index contributed by atoms with van der Waals surface area (Å²) in [4.78, 5) is 0. The Balaban J connectivity index is 1.55. The van der Waals surface area contributed by atoms with Crippen LogP contribution in [0.1, 0.15) is 103 Å². The summed E-state index contributed by atoms with van der Waals surface area (Å²) in [7, 11) is 0. The third-order valence-electron chi connectivity index (χ3n) is 8.30. The van der Waals surface area contributed by atoms with E-state index in [-0.39, 0.29) is 0 Å². The maximum atomic E-state index is 5.35. The van der Waals surface area contributed by atoms with Crippen LogP contribution in [0.25, 0.3) is 0 Å². The molecule has 0 amide bonds. The lowest BCUT2D eigenvalue weighted by molar-refractivity contribution is 0.0784. The van der Waals surface area contributed by atoms with Crippen molar-refractivity contribution in [1.82, 2.24) is 0 Å². The van der Waals surface area contributed by atoms with E-state index in [1.54, 1.807) is 0 Å². The van der Waals surface area contributed by atoms with Gasteiger partial charge in [0, 0.05) is 4.75 Å². The molecule has 142 valence electrons. The number of rotatable bonds is 1. The van der Waals surface area contributed by atoms with Gasteiger partial charge in [0.05, 0.1) is 0 Å². The van der Waals surface area contributed by atoms with E-state index in [4.69, 9.17) is 12.6 Å². The first kappa shape index (κ1) is 18.5. The molecule has 5 aliphatic carbocycles. The number of thiol groups is 1. The van der Waals surface area contributed by atoms with Gasteiger partial charge < -0.3 is 0 Å². The van der Waals surface area contributed by atoms with Gasteiger partial charge in [0.25, 0.3) is 0 Å². The molecule has 4 unspecified atom stereocenters. The predicted molar refractivity (Wildman–Crippen MR) is 112 cm³/mol. The van der Waals surface area contributed by atoms with Crippen molar-refractivity contribution in [3.63, 3.8) is 0 Å². The van der Waals surface area contributed by atoms with E-state index in [9.17, 15) is 0 Å². The van der Waals surface area contributed by atoms with Crippen LogP contribution in [0.5, 0.6) is 0 Å². The first-order valence-electron chi connectivity index (χ1n) is 11.6. The van der Waals surface area contributed by atoms with Crippen molar-refractivity contribution in [3.8, 4) is 0 Å². The Morgan fingerprint density at radius 2 is 1.36 bits per heavy atom. The fourth-order valence-corrected chi connectivity index (χ4v) is 7.54. The maximum absolute atomic E-state index is 5.35. The second-order valence-corrected chi connectivity index (χ2v) is 11.0. The van der Waals surface area contributed by atoms with Crippen LogP contribution in [0.15, 0.2) is 12.2 Å². The minimum Gasteiger partial charge on any atom is -0.172 e. The van der Waals surface area contributed by atoms with Gasteiger partial charge in [-0.05, 0) is 68.1 Å². The van der Waals surface area contributed by atoms with E-state index in [0.29, 0.717) is 4.75 Å².